The standard InChI is InChI=1S/C22H22FN3O3/c23-17-6-5-13(11-24)9-15(17)21(27)8-7-19-16(10-21)22(12-28-20(25)26-22)14-3-1-2-4-18(14)29-19/h5-9,14,18,27H,1-4,10,12H2,(H2,25,26)/t14-,18-,21?,22?/m0/s1. The second-order valence-electron chi connectivity index (χ2n) is 8.29. The predicted octanol–water partition coefficient (Wildman–Crippen LogP) is 2.77. The van der Waals surface area contributed by atoms with Crippen LogP contribution in [0.3, 0.4) is 0 Å². The molecule has 4 atom stereocenters. The molecule has 2 aliphatic carbocycles. The number of ether oxygens (including phenoxy) is 2. The Morgan fingerprint density at radius 2 is 2.14 bits per heavy atom. The quantitative estimate of drug-likeness (QED) is 0.761. The zero-order valence-electron chi connectivity index (χ0n) is 15.9. The van der Waals surface area contributed by atoms with Crippen LogP contribution in [0.15, 0.2) is 46.7 Å². The fraction of sp³-hybridized carbons (Fsp3) is 0.455. The molecule has 1 aromatic rings. The minimum Gasteiger partial charge on any atom is -0.490 e. The summed E-state index contributed by atoms with van der Waals surface area (Å²) in [6.45, 7) is 0.298. The van der Waals surface area contributed by atoms with Crippen LogP contribution >= 0.6 is 0 Å². The van der Waals surface area contributed by atoms with Gasteiger partial charge in [0.15, 0.2) is 0 Å². The lowest BCUT2D eigenvalue weighted by molar-refractivity contribution is -0.0301. The lowest BCUT2D eigenvalue weighted by Gasteiger charge is -2.49. The van der Waals surface area contributed by atoms with Crippen molar-refractivity contribution in [2.24, 2.45) is 16.6 Å². The zero-order valence-corrected chi connectivity index (χ0v) is 15.9. The molecule has 1 aromatic carbocycles. The molecule has 1 spiro atoms. The van der Waals surface area contributed by atoms with Gasteiger partial charge in [-0.3, -0.25) is 0 Å². The Bertz CT molecular complexity index is 1010. The number of hydrogen-bond acceptors (Lipinski definition) is 6. The number of nitriles is 1. The van der Waals surface area contributed by atoms with E-state index in [4.69, 9.17) is 20.2 Å². The first-order chi connectivity index (χ1) is 13.9. The van der Waals surface area contributed by atoms with Crippen molar-refractivity contribution < 1.29 is 19.0 Å². The monoisotopic (exact) mass is 395 g/mol. The van der Waals surface area contributed by atoms with Gasteiger partial charge in [0.05, 0.1) is 11.6 Å². The molecule has 7 heteroatoms. The summed E-state index contributed by atoms with van der Waals surface area (Å²) in [5.41, 5.74) is 4.74. The highest BCUT2D eigenvalue weighted by atomic mass is 19.1. The number of allylic oxidation sites excluding steroid dienone is 1. The van der Waals surface area contributed by atoms with Crippen LogP contribution in [-0.4, -0.2) is 29.4 Å². The summed E-state index contributed by atoms with van der Waals surface area (Å²) in [6.07, 6.45) is 7.42. The molecular formula is C22H22FN3O3. The largest absolute Gasteiger partial charge is 0.490 e. The Morgan fingerprint density at radius 1 is 1.31 bits per heavy atom. The second kappa shape index (κ2) is 6.33. The van der Waals surface area contributed by atoms with Crippen LogP contribution in [0.25, 0.3) is 0 Å². The number of amidine groups is 1. The number of fused-ring (bicyclic) bond motifs is 3. The maximum absolute atomic E-state index is 14.6. The summed E-state index contributed by atoms with van der Waals surface area (Å²) in [7, 11) is 0. The summed E-state index contributed by atoms with van der Waals surface area (Å²) in [5, 5.41) is 20.6. The Balaban J connectivity index is 1.61. The molecule has 29 heavy (non-hydrogen) atoms. The predicted molar refractivity (Wildman–Crippen MR) is 103 cm³/mol. The van der Waals surface area contributed by atoms with Crippen molar-refractivity contribution >= 4 is 6.02 Å². The van der Waals surface area contributed by atoms with Crippen LogP contribution in [-0.2, 0) is 15.1 Å². The summed E-state index contributed by atoms with van der Waals surface area (Å²) in [4.78, 5) is 4.71. The minimum absolute atomic E-state index is 0.0234. The van der Waals surface area contributed by atoms with E-state index in [9.17, 15) is 14.8 Å². The number of aliphatic hydroxyl groups is 1. The third kappa shape index (κ3) is 2.66. The number of nitrogens with zero attached hydrogens (tertiary/aromatic N) is 2. The average molecular weight is 395 g/mol. The molecule has 0 aromatic heterocycles. The van der Waals surface area contributed by atoms with Gasteiger partial charge in [0.1, 0.15) is 35.4 Å². The van der Waals surface area contributed by atoms with Crippen LogP contribution < -0.4 is 5.73 Å². The van der Waals surface area contributed by atoms with Crippen LogP contribution in [0, 0.1) is 23.1 Å². The highest BCUT2D eigenvalue weighted by Crippen LogP contribution is 2.53. The Hall–Kier alpha value is -2.85. The lowest BCUT2D eigenvalue weighted by Crippen LogP contribution is -2.53. The molecule has 0 saturated heterocycles. The van der Waals surface area contributed by atoms with E-state index >= 15 is 0 Å². The van der Waals surface area contributed by atoms with Gasteiger partial charge in [-0.05, 0) is 49.6 Å². The normalized spacial score (nSPS) is 35.3. The third-order valence-electron chi connectivity index (χ3n) is 6.68. The topological polar surface area (TPSA) is 101 Å². The molecule has 5 rings (SSSR count). The van der Waals surface area contributed by atoms with E-state index in [1.54, 1.807) is 12.2 Å². The molecule has 3 N–H and O–H groups in total. The van der Waals surface area contributed by atoms with E-state index in [0.717, 1.165) is 31.3 Å². The molecule has 4 aliphatic rings. The molecule has 2 heterocycles. The van der Waals surface area contributed by atoms with Crippen LogP contribution in [0.1, 0.15) is 43.2 Å². The van der Waals surface area contributed by atoms with Crippen molar-refractivity contribution in [3.63, 3.8) is 0 Å². The van der Waals surface area contributed by atoms with Crippen molar-refractivity contribution in [3.8, 4) is 6.07 Å². The van der Waals surface area contributed by atoms with E-state index in [2.05, 4.69) is 0 Å². The number of nitrogens with two attached hydrogens (primary N) is 1. The molecule has 0 amide bonds. The zero-order chi connectivity index (χ0) is 20.2. The summed E-state index contributed by atoms with van der Waals surface area (Å²) in [5.74, 6) is 0.200. The molecule has 1 saturated carbocycles. The van der Waals surface area contributed by atoms with Gasteiger partial charge in [-0.1, -0.05) is 6.42 Å². The molecule has 1 fully saturated rings. The van der Waals surface area contributed by atoms with E-state index in [1.807, 2.05) is 6.07 Å². The highest BCUT2D eigenvalue weighted by molar-refractivity contribution is 5.75. The third-order valence-corrected chi connectivity index (χ3v) is 6.68. The van der Waals surface area contributed by atoms with Gasteiger partial charge in [-0.15, -0.1) is 0 Å². The fourth-order valence-electron chi connectivity index (χ4n) is 5.28. The Labute approximate surface area is 168 Å². The van der Waals surface area contributed by atoms with Gasteiger partial charge in [0.25, 0.3) is 6.02 Å². The van der Waals surface area contributed by atoms with Crippen molar-refractivity contribution in [2.45, 2.75) is 49.3 Å². The minimum atomic E-state index is -1.61. The summed E-state index contributed by atoms with van der Waals surface area (Å²) >= 11 is 0. The molecule has 0 bridgehead atoms. The number of aliphatic imine (C=N–C) groups is 1. The number of halogens is 1. The molecular weight excluding hydrogens is 373 g/mol. The first-order valence-corrected chi connectivity index (χ1v) is 9.95. The molecule has 6 nitrogen and oxygen atoms in total. The van der Waals surface area contributed by atoms with Gasteiger partial charge < -0.3 is 20.3 Å². The van der Waals surface area contributed by atoms with E-state index in [-0.39, 0.29) is 35.6 Å². The number of benzene rings is 1. The second-order valence-corrected chi connectivity index (χ2v) is 8.29. The first-order valence-electron chi connectivity index (χ1n) is 9.95. The van der Waals surface area contributed by atoms with Crippen molar-refractivity contribution in [1.29, 1.82) is 5.26 Å². The van der Waals surface area contributed by atoms with E-state index < -0.39 is 17.0 Å². The number of hydrogen-bond donors (Lipinski definition) is 2. The van der Waals surface area contributed by atoms with Crippen LogP contribution in [0.2, 0.25) is 0 Å². The maximum atomic E-state index is 14.6. The molecule has 2 unspecified atom stereocenters. The van der Waals surface area contributed by atoms with Gasteiger partial charge in [0, 0.05) is 23.5 Å². The fourth-order valence-corrected chi connectivity index (χ4v) is 5.28. The number of rotatable bonds is 1. The first kappa shape index (κ1) is 18.2. The van der Waals surface area contributed by atoms with E-state index in [0.29, 0.717) is 12.4 Å². The summed E-state index contributed by atoms with van der Waals surface area (Å²) in [6, 6.07) is 6.14. The van der Waals surface area contributed by atoms with Crippen LogP contribution in [0.4, 0.5) is 4.39 Å². The molecule has 2 aliphatic heterocycles. The Kier molecular flexibility index (Phi) is 3.97. The maximum Gasteiger partial charge on any atom is 0.283 e. The Morgan fingerprint density at radius 3 is 2.90 bits per heavy atom. The molecule has 0 radical (unpaired) electrons. The lowest BCUT2D eigenvalue weighted by atomic mass is 9.64. The van der Waals surface area contributed by atoms with Crippen LogP contribution in [0.5, 0.6) is 0 Å². The smallest absolute Gasteiger partial charge is 0.283 e. The van der Waals surface area contributed by atoms with Crippen molar-refractivity contribution in [2.75, 3.05) is 6.61 Å². The van der Waals surface area contributed by atoms with Gasteiger partial charge in [-0.2, -0.15) is 5.26 Å². The van der Waals surface area contributed by atoms with Gasteiger partial charge >= 0.3 is 0 Å². The molecule has 150 valence electrons. The highest BCUT2D eigenvalue weighted by Gasteiger charge is 2.57. The van der Waals surface area contributed by atoms with Crippen molar-refractivity contribution in [1.82, 2.24) is 0 Å². The van der Waals surface area contributed by atoms with E-state index in [1.165, 1.54) is 18.2 Å². The summed E-state index contributed by atoms with van der Waals surface area (Å²) < 4.78 is 26.5. The SMILES string of the molecule is N#Cc1ccc(F)c(C2(O)C=CC3=C(C2)C2(COC(N)=N2)[C@H]2CCCC[C@@H]2O3)c1. The average Bonchev–Trinajstić information content (AvgIpc) is 3.12. The van der Waals surface area contributed by atoms with Crippen molar-refractivity contribution in [3.05, 3.63) is 58.6 Å². The van der Waals surface area contributed by atoms with Gasteiger partial charge in [-0.25, -0.2) is 9.38 Å². The van der Waals surface area contributed by atoms with Gasteiger partial charge in [0.2, 0.25) is 0 Å².